The number of hydrogen-bond donors (Lipinski definition) is 3. The molecule has 0 radical (unpaired) electrons. The summed E-state index contributed by atoms with van der Waals surface area (Å²) in [6.45, 7) is 10.8. The van der Waals surface area contributed by atoms with Crippen LogP contribution in [-0.4, -0.2) is 44.5 Å². The summed E-state index contributed by atoms with van der Waals surface area (Å²) in [4.78, 5) is 2.29. The molecular formula is C29H39NO3. The summed E-state index contributed by atoms with van der Waals surface area (Å²) in [5.41, 5.74) is 1.28. The second-order valence-electron chi connectivity index (χ2n) is 10.5. The maximum atomic E-state index is 11.4. The van der Waals surface area contributed by atoms with Crippen LogP contribution in [-0.2, 0) is 0 Å². The van der Waals surface area contributed by atoms with Gasteiger partial charge in [-0.25, -0.2) is 0 Å². The summed E-state index contributed by atoms with van der Waals surface area (Å²) in [5, 5.41) is 34.3. The van der Waals surface area contributed by atoms with Gasteiger partial charge in [-0.1, -0.05) is 60.7 Å². The third kappa shape index (κ3) is 7.12. The van der Waals surface area contributed by atoms with Gasteiger partial charge in [0, 0.05) is 19.1 Å². The Morgan fingerprint density at radius 2 is 1.24 bits per heavy atom. The van der Waals surface area contributed by atoms with E-state index in [-0.39, 0.29) is 6.04 Å². The smallest absolute Gasteiger partial charge is 0.104 e. The Kier molecular flexibility index (Phi) is 7.96. The maximum absolute atomic E-state index is 11.4. The molecule has 33 heavy (non-hydrogen) atoms. The lowest BCUT2D eigenvalue weighted by molar-refractivity contribution is 0.0326. The predicted molar refractivity (Wildman–Crippen MR) is 136 cm³/mol. The van der Waals surface area contributed by atoms with E-state index in [4.69, 9.17) is 0 Å². The zero-order chi connectivity index (χ0) is 24.2. The van der Waals surface area contributed by atoms with Crippen molar-refractivity contribution in [2.45, 2.75) is 70.8 Å². The van der Waals surface area contributed by atoms with Crippen molar-refractivity contribution < 1.29 is 15.3 Å². The molecule has 0 amide bonds. The fourth-order valence-electron chi connectivity index (χ4n) is 4.23. The van der Waals surface area contributed by atoms with Crippen molar-refractivity contribution in [1.29, 1.82) is 0 Å². The molecule has 4 nitrogen and oxygen atoms in total. The molecule has 0 bridgehead atoms. The van der Waals surface area contributed by atoms with Gasteiger partial charge in [-0.05, 0) is 81.0 Å². The number of hydrogen-bond acceptors (Lipinski definition) is 4. The fourth-order valence-corrected chi connectivity index (χ4v) is 4.23. The number of aliphatic hydroxyl groups is 3. The third-order valence-electron chi connectivity index (χ3n) is 6.40. The van der Waals surface area contributed by atoms with Crippen LogP contribution in [0.5, 0.6) is 0 Å². The molecule has 0 spiro atoms. The van der Waals surface area contributed by atoms with Gasteiger partial charge < -0.3 is 15.3 Å². The summed E-state index contributed by atoms with van der Waals surface area (Å²) in [6, 6.07) is 22.3. The van der Waals surface area contributed by atoms with Crippen LogP contribution >= 0.6 is 0 Å². The van der Waals surface area contributed by atoms with Crippen LogP contribution in [0.15, 0.2) is 66.7 Å². The van der Waals surface area contributed by atoms with Crippen molar-refractivity contribution in [3.8, 4) is 0 Å². The predicted octanol–water partition coefficient (Wildman–Crippen LogP) is 5.61. The van der Waals surface area contributed by atoms with Crippen LogP contribution < -0.4 is 0 Å². The molecule has 3 aromatic rings. The van der Waals surface area contributed by atoms with Gasteiger partial charge in [0.05, 0.1) is 11.2 Å². The number of fused-ring (bicyclic) bond motifs is 1. The molecule has 0 fully saturated rings. The molecule has 4 heteroatoms. The highest BCUT2D eigenvalue weighted by atomic mass is 16.3. The van der Waals surface area contributed by atoms with E-state index in [9.17, 15) is 15.3 Å². The summed E-state index contributed by atoms with van der Waals surface area (Å²) in [7, 11) is 0. The van der Waals surface area contributed by atoms with Crippen molar-refractivity contribution >= 4 is 10.8 Å². The Bertz CT molecular complexity index is 1030. The SMILES string of the molecule is C[C@@H](c1ccccc1C(O)c1ccc2ccccc2c1)N(CCC(C)(C)O)CCC(C)(C)O. The number of aliphatic hydroxyl groups excluding tert-OH is 1. The quantitative estimate of drug-likeness (QED) is 0.377. The van der Waals surface area contributed by atoms with E-state index in [2.05, 4.69) is 42.2 Å². The molecule has 0 saturated carbocycles. The fraction of sp³-hybridized carbons (Fsp3) is 0.448. The van der Waals surface area contributed by atoms with Gasteiger partial charge in [0.1, 0.15) is 6.10 Å². The lowest BCUT2D eigenvalue weighted by Crippen LogP contribution is -2.37. The number of rotatable bonds is 10. The zero-order valence-electron chi connectivity index (χ0n) is 20.6. The molecule has 0 heterocycles. The molecule has 3 N–H and O–H groups in total. The van der Waals surface area contributed by atoms with Crippen molar-refractivity contribution in [3.63, 3.8) is 0 Å². The average Bonchev–Trinajstić information content (AvgIpc) is 2.76. The van der Waals surface area contributed by atoms with Crippen LogP contribution in [0.3, 0.4) is 0 Å². The Morgan fingerprint density at radius 1 is 0.727 bits per heavy atom. The van der Waals surface area contributed by atoms with Gasteiger partial charge in [-0.15, -0.1) is 0 Å². The summed E-state index contributed by atoms with van der Waals surface area (Å²) in [6.07, 6.45) is 0.510. The van der Waals surface area contributed by atoms with E-state index in [0.717, 1.165) is 27.5 Å². The first-order valence-corrected chi connectivity index (χ1v) is 11.9. The maximum Gasteiger partial charge on any atom is 0.104 e. The second kappa shape index (κ2) is 10.4. The monoisotopic (exact) mass is 449 g/mol. The van der Waals surface area contributed by atoms with E-state index in [1.807, 2.05) is 64.1 Å². The molecule has 3 aromatic carbocycles. The van der Waals surface area contributed by atoms with Gasteiger partial charge in [0.15, 0.2) is 0 Å². The largest absolute Gasteiger partial charge is 0.390 e. The Morgan fingerprint density at radius 3 is 1.82 bits per heavy atom. The number of benzene rings is 3. The van der Waals surface area contributed by atoms with Crippen molar-refractivity contribution in [2.75, 3.05) is 13.1 Å². The molecule has 0 aromatic heterocycles. The van der Waals surface area contributed by atoms with Crippen molar-refractivity contribution in [3.05, 3.63) is 83.4 Å². The number of nitrogens with zero attached hydrogens (tertiary/aromatic N) is 1. The van der Waals surface area contributed by atoms with E-state index in [1.54, 1.807) is 0 Å². The minimum Gasteiger partial charge on any atom is -0.390 e. The summed E-state index contributed by atoms with van der Waals surface area (Å²) in [5.74, 6) is 0. The highest BCUT2D eigenvalue weighted by Gasteiger charge is 2.25. The Hall–Kier alpha value is -2.24. The molecule has 0 aliphatic carbocycles. The van der Waals surface area contributed by atoms with Gasteiger partial charge in [0.25, 0.3) is 0 Å². The van der Waals surface area contributed by atoms with E-state index in [0.29, 0.717) is 25.9 Å². The first-order chi connectivity index (χ1) is 15.4. The van der Waals surface area contributed by atoms with Gasteiger partial charge >= 0.3 is 0 Å². The van der Waals surface area contributed by atoms with Crippen molar-refractivity contribution in [1.82, 2.24) is 4.90 Å². The van der Waals surface area contributed by atoms with Crippen LogP contribution in [0.2, 0.25) is 0 Å². The second-order valence-corrected chi connectivity index (χ2v) is 10.5. The Labute approximate surface area is 198 Å². The molecule has 0 aliphatic rings. The van der Waals surface area contributed by atoms with E-state index >= 15 is 0 Å². The van der Waals surface area contributed by atoms with Gasteiger partial charge in [-0.2, -0.15) is 0 Å². The van der Waals surface area contributed by atoms with E-state index < -0.39 is 17.3 Å². The minimum atomic E-state index is -0.767. The normalized spacial score (nSPS) is 14.6. The van der Waals surface area contributed by atoms with Crippen LogP contribution in [0.4, 0.5) is 0 Å². The Balaban J connectivity index is 1.91. The standard InChI is InChI=1S/C29H39NO3/c1-21(30(18-16-28(2,3)32)19-17-29(4,5)33)25-12-8-9-13-26(25)27(31)24-15-14-22-10-6-7-11-23(22)20-24/h6-15,20-21,27,31-33H,16-19H2,1-5H3/t21-,27?/m0/s1. The van der Waals surface area contributed by atoms with Crippen molar-refractivity contribution in [2.24, 2.45) is 0 Å². The molecule has 0 aliphatic heterocycles. The molecule has 0 saturated heterocycles. The first-order valence-electron chi connectivity index (χ1n) is 11.9. The molecule has 3 rings (SSSR count). The highest BCUT2D eigenvalue weighted by Crippen LogP contribution is 2.33. The average molecular weight is 450 g/mol. The minimum absolute atomic E-state index is 0.0148. The highest BCUT2D eigenvalue weighted by molar-refractivity contribution is 5.83. The third-order valence-corrected chi connectivity index (χ3v) is 6.40. The van der Waals surface area contributed by atoms with Crippen LogP contribution in [0.25, 0.3) is 10.8 Å². The molecule has 2 atom stereocenters. The zero-order valence-corrected chi connectivity index (χ0v) is 20.6. The molecular weight excluding hydrogens is 410 g/mol. The van der Waals surface area contributed by atoms with Gasteiger partial charge in [-0.3, -0.25) is 4.90 Å². The van der Waals surface area contributed by atoms with Gasteiger partial charge in [0.2, 0.25) is 0 Å². The lowest BCUT2D eigenvalue weighted by Gasteiger charge is -2.34. The topological polar surface area (TPSA) is 63.9 Å². The van der Waals surface area contributed by atoms with E-state index in [1.165, 1.54) is 0 Å². The molecule has 1 unspecified atom stereocenters. The van der Waals surface area contributed by atoms with Crippen LogP contribution in [0.1, 0.15) is 76.3 Å². The first kappa shape index (κ1) is 25.4. The summed E-state index contributed by atoms with van der Waals surface area (Å²) >= 11 is 0. The lowest BCUT2D eigenvalue weighted by atomic mass is 9.91. The molecule has 178 valence electrons. The van der Waals surface area contributed by atoms with Crippen LogP contribution in [0, 0.1) is 0 Å². The summed E-state index contributed by atoms with van der Waals surface area (Å²) < 4.78 is 0.